The number of benzene rings is 2. The SMILES string of the molecule is O=C(NN=C1CCCC[C@@H]1c1ccccc1)c1ccc(-n2cnnn2)cc1. The second kappa shape index (κ2) is 7.90. The van der Waals surface area contributed by atoms with Crippen molar-refractivity contribution in [3.63, 3.8) is 0 Å². The van der Waals surface area contributed by atoms with Crippen LogP contribution in [0.2, 0.25) is 0 Å². The summed E-state index contributed by atoms with van der Waals surface area (Å²) in [6.45, 7) is 0. The van der Waals surface area contributed by atoms with Gasteiger partial charge in [0.25, 0.3) is 5.91 Å². The lowest BCUT2D eigenvalue weighted by atomic mass is 9.82. The highest BCUT2D eigenvalue weighted by Crippen LogP contribution is 2.30. The minimum absolute atomic E-state index is 0.219. The molecule has 0 unspecified atom stereocenters. The van der Waals surface area contributed by atoms with Gasteiger partial charge in [0.15, 0.2) is 0 Å². The van der Waals surface area contributed by atoms with Gasteiger partial charge in [-0.25, -0.2) is 10.1 Å². The largest absolute Gasteiger partial charge is 0.271 e. The van der Waals surface area contributed by atoms with Crippen molar-refractivity contribution in [2.45, 2.75) is 31.6 Å². The van der Waals surface area contributed by atoms with E-state index in [4.69, 9.17) is 0 Å². The number of rotatable bonds is 4. The molecule has 1 atom stereocenters. The molecule has 1 aromatic heterocycles. The zero-order valence-corrected chi connectivity index (χ0v) is 14.8. The van der Waals surface area contributed by atoms with Crippen molar-refractivity contribution in [3.8, 4) is 5.69 Å². The van der Waals surface area contributed by atoms with Crippen molar-refractivity contribution in [1.82, 2.24) is 25.6 Å². The summed E-state index contributed by atoms with van der Waals surface area (Å²) in [6.07, 6.45) is 5.79. The Morgan fingerprint density at radius 2 is 1.89 bits per heavy atom. The van der Waals surface area contributed by atoms with Crippen LogP contribution in [0.5, 0.6) is 0 Å². The number of nitrogens with zero attached hydrogens (tertiary/aromatic N) is 5. The molecule has 4 rings (SSSR count). The standard InChI is InChI=1S/C20H20N6O/c27-20(16-10-12-17(13-11-16)26-14-21-24-25-26)23-22-19-9-5-4-8-18(19)15-6-2-1-3-7-15/h1-3,6-7,10-14,18H,4-5,8-9H2,(H,23,27)/t18-/m1/s1. The van der Waals surface area contributed by atoms with E-state index in [1.807, 2.05) is 18.2 Å². The van der Waals surface area contributed by atoms with Crippen LogP contribution in [-0.4, -0.2) is 31.8 Å². The van der Waals surface area contributed by atoms with Crippen LogP contribution in [-0.2, 0) is 0 Å². The maximum Gasteiger partial charge on any atom is 0.271 e. The van der Waals surface area contributed by atoms with E-state index in [0.29, 0.717) is 5.56 Å². The number of hydrogen-bond acceptors (Lipinski definition) is 5. The van der Waals surface area contributed by atoms with Crippen molar-refractivity contribution in [3.05, 3.63) is 72.1 Å². The Labute approximate surface area is 157 Å². The summed E-state index contributed by atoms with van der Waals surface area (Å²) in [6, 6.07) is 17.4. The predicted octanol–water partition coefficient (Wildman–Crippen LogP) is 3.11. The van der Waals surface area contributed by atoms with Crippen LogP contribution in [0.25, 0.3) is 5.69 Å². The molecular formula is C20H20N6O. The summed E-state index contributed by atoms with van der Waals surface area (Å²) < 4.78 is 1.54. The Kier molecular flexibility index (Phi) is 5.00. The molecule has 1 aliphatic carbocycles. The lowest BCUT2D eigenvalue weighted by Gasteiger charge is -2.24. The van der Waals surface area contributed by atoms with Crippen LogP contribution in [0.1, 0.15) is 47.5 Å². The van der Waals surface area contributed by atoms with Gasteiger partial charge in [-0.1, -0.05) is 36.8 Å². The van der Waals surface area contributed by atoms with Gasteiger partial charge >= 0.3 is 0 Å². The summed E-state index contributed by atoms with van der Waals surface area (Å²) in [7, 11) is 0. The number of hydrogen-bond donors (Lipinski definition) is 1. The average Bonchev–Trinajstić information content (AvgIpc) is 3.28. The van der Waals surface area contributed by atoms with E-state index in [0.717, 1.165) is 30.7 Å². The smallest absolute Gasteiger partial charge is 0.267 e. The lowest BCUT2D eigenvalue weighted by Crippen LogP contribution is -2.24. The fourth-order valence-electron chi connectivity index (χ4n) is 3.41. The molecular weight excluding hydrogens is 340 g/mol. The maximum absolute atomic E-state index is 12.5. The Balaban J connectivity index is 1.47. The Bertz CT molecular complexity index is 919. The quantitative estimate of drug-likeness (QED) is 0.725. The van der Waals surface area contributed by atoms with Crippen LogP contribution in [0.15, 0.2) is 66.0 Å². The first-order valence-electron chi connectivity index (χ1n) is 9.06. The monoisotopic (exact) mass is 360 g/mol. The molecule has 3 aromatic rings. The first-order chi connectivity index (χ1) is 13.3. The van der Waals surface area contributed by atoms with Crippen LogP contribution in [0.4, 0.5) is 0 Å². The Morgan fingerprint density at radius 3 is 2.63 bits per heavy atom. The lowest BCUT2D eigenvalue weighted by molar-refractivity contribution is 0.0954. The highest BCUT2D eigenvalue weighted by Gasteiger charge is 2.22. The Hall–Kier alpha value is -3.35. The first kappa shape index (κ1) is 17.1. The first-order valence-corrected chi connectivity index (χ1v) is 9.06. The number of nitrogens with one attached hydrogen (secondary N) is 1. The van der Waals surface area contributed by atoms with E-state index in [2.05, 4.69) is 38.2 Å². The maximum atomic E-state index is 12.5. The fraction of sp³-hybridized carbons (Fsp3) is 0.250. The van der Waals surface area contributed by atoms with Gasteiger partial charge in [-0.3, -0.25) is 4.79 Å². The molecule has 0 saturated heterocycles. The van der Waals surface area contributed by atoms with Crippen molar-refractivity contribution < 1.29 is 4.79 Å². The molecule has 1 amide bonds. The number of amides is 1. The second-order valence-electron chi connectivity index (χ2n) is 6.55. The van der Waals surface area contributed by atoms with E-state index in [1.165, 1.54) is 23.0 Å². The minimum atomic E-state index is -0.219. The van der Waals surface area contributed by atoms with Crippen molar-refractivity contribution in [2.75, 3.05) is 0 Å². The molecule has 1 saturated carbocycles. The number of aromatic nitrogens is 4. The topological polar surface area (TPSA) is 85.1 Å². The van der Waals surface area contributed by atoms with Crippen LogP contribution >= 0.6 is 0 Å². The van der Waals surface area contributed by atoms with Gasteiger partial charge in [0.1, 0.15) is 6.33 Å². The van der Waals surface area contributed by atoms with Crippen LogP contribution < -0.4 is 5.43 Å². The normalized spacial score (nSPS) is 18.4. The van der Waals surface area contributed by atoms with Crippen molar-refractivity contribution >= 4 is 11.6 Å². The van der Waals surface area contributed by atoms with Gasteiger partial charge in [0, 0.05) is 17.2 Å². The number of hydrazone groups is 1. The summed E-state index contributed by atoms with van der Waals surface area (Å²) >= 11 is 0. The number of tetrazole rings is 1. The fourth-order valence-corrected chi connectivity index (χ4v) is 3.41. The third-order valence-electron chi connectivity index (χ3n) is 4.82. The zero-order valence-electron chi connectivity index (χ0n) is 14.8. The number of carbonyl (C=O) groups excluding carboxylic acids is 1. The second-order valence-corrected chi connectivity index (χ2v) is 6.55. The van der Waals surface area contributed by atoms with Gasteiger partial charge in [0.05, 0.1) is 5.69 Å². The van der Waals surface area contributed by atoms with E-state index in [-0.39, 0.29) is 11.8 Å². The average molecular weight is 360 g/mol. The molecule has 1 fully saturated rings. The van der Waals surface area contributed by atoms with E-state index in [1.54, 1.807) is 24.3 Å². The molecule has 1 heterocycles. The van der Waals surface area contributed by atoms with Crippen LogP contribution in [0, 0.1) is 0 Å². The third-order valence-corrected chi connectivity index (χ3v) is 4.82. The predicted molar refractivity (Wildman–Crippen MR) is 102 cm³/mol. The molecule has 136 valence electrons. The van der Waals surface area contributed by atoms with E-state index in [9.17, 15) is 4.79 Å². The van der Waals surface area contributed by atoms with Gasteiger partial charge < -0.3 is 0 Å². The molecule has 7 heteroatoms. The Morgan fingerprint density at radius 1 is 1.07 bits per heavy atom. The molecule has 1 aliphatic rings. The van der Waals surface area contributed by atoms with Crippen molar-refractivity contribution in [1.29, 1.82) is 0 Å². The summed E-state index contributed by atoms with van der Waals surface area (Å²) in [4.78, 5) is 12.5. The summed E-state index contributed by atoms with van der Waals surface area (Å²) in [5.74, 6) is 0.0607. The molecule has 0 radical (unpaired) electrons. The molecule has 0 bridgehead atoms. The number of carbonyl (C=O) groups is 1. The molecule has 27 heavy (non-hydrogen) atoms. The summed E-state index contributed by atoms with van der Waals surface area (Å²) in [5, 5.41) is 15.5. The van der Waals surface area contributed by atoms with Crippen LogP contribution in [0.3, 0.4) is 0 Å². The molecule has 0 aliphatic heterocycles. The van der Waals surface area contributed by atoms with E-state index >= 15 is 0 Å². The molecule has 1 N–H and O–H groups in total. The zero-order chi connectivity index (χ0) is 18.5. The van der Waals surface area contributed by atoms with E-state index < -0.39 is 0 Å². The van der Waals surface area contributed by atoms with Gasteiger partial charge in [0.2, 0.25) is 0 Å². The van der Waals surface area contributed by atoms with Crippen molar-refractivity contribution in [2.24, 2.45) is 5.10 Å². The molecule has 2 aromatic carbocycles. The van der Waals surface area contributed by atoms with Gasteiger partial charge in [-0.15, -0.1) is 5.10 Å². The third kappa shape index (κ3) is 3.92. The van der Waals surface area contributed by atoms with Gasteiger partial charge in [-0.2, -0.15) is 5.10 Å². The highest BCUT2D eigenvalue weighted by atomic mass is 16.2. The van der Waals surface area contributed by atoms with Gasteiger partial charge in [-0.05, 0) is 59.5 Å². The molecule has 0 spiro atoms. The highest BCUT2D eigenvalue weighted by molar-refractivity contribution is 5.97. The molecule has 7 nitrogen and oxygen atoms in total. The minimum Gasteiger partial charge on any atom is -0.267 e. The summed E-state index contributed by atoms with van der Waals surface area (Å²) in [5.41, 5.74) is 6.37.